The first-order valence-electron chi connectivity index (χ1n) is 7.68. The van der Waals surface area contributed by atoms with Crippen molar-refractivity contribution in [1.29, 1.82) is 5.26 Å². The number of nitriles is 1. The van der Waals surface area contributed by atoms with Crippen LogP contribution in [0, 0.1) is 23.7 Å². The maximum Gasteiger partial charge on any atom is 0.148 e. The van der Waals surface area contributed by atoms with Crippen LogP contribution in [-0.2, 0) is 0 Å². The molecule has 25 heavy (non-hydrogen) atoms. The fraction of sp³-hybridized carbons (Fsp3) is 0.0455. The fourth-order valence-electron chi connectivity index (χ4n) is 2.62. The molecule has 0 aliphatic rings. The third kappa shape index (κ3) is 3.66. The van der Waals surface area contributed by atoms with Gasteiger partial charge >= 0.3 is 0 Å². The average Bonchev–Trinajstić information content (AvgIpc) is 2.65. The lowest BCUT2D eigenvalue weighted by Crippen LogP contribution is -1.96. The first-order valence-corrected chi connectivity index (χ1v) is 8.06. The van der Waals surface area contributed by atoms with E-state index in [1.54, 1.807) is 12.1 Å². The van der Waals surface area contributed by atoms with E-state index in [0.717, 1.165) is 21.9 Å². The number of halogens is 1. The number of rotatable bonds is 4. The Balaban J connectivity index is 2.19. The Morgan fingerprint density at radius 3 is 2.56 bits per heavy atom. The number of hydrogen-bond acceptors (Lipinski definition) is 2. The fourth-order valence-corrected chi connectivity index (χ4v) is 2.75. The van der Waals surface area contributed by atoms with Crippen molar-refractivity contribution >= 4 is 34.0 Å². The molecular weight excluding hydrogens is 330 g/mol. The smallest absolute Gasteiger partial charge is 0.148 e. The van der Waals surface area contributed by atoms with Crippen molar-refractivity contribution in [2.45, 2.75) is 0 Å². The van der Waals surface area contributed by atoms with Crippen LogP contribution in [-0.4, -0.2) is 6.61 Å². The number of allylic oxidation sites excluding steroid dienone is 1. The molecule has 0 saturated carbocycles. The van der Waals surface area contributed by atoms with Crippen molar-refractivity contribution in [1.82, 2.24) is 0 Å². The van der Waals surface area contributed by atoms with Gasteiger partial charge in [0.05, 0.1) is 11.6 Å². The molecule has 0 aliphatic heterocycles. The van der Waals surface area contributed by atoms with Gasteiger partial charge in [0.15, 0.2) is 0 Å². The molecule has 3 rings (SSSR count). The number of hydrogen-bond donors (Lipinski definition) is 0. The molecule has 0 N–H and O–H groups in total. The molecule has 3 aromatic carbocycles. The molecule has 3 aromatic rings. The Hall–Kier alpha value is -3.20. The maximum atomic E-state index is 9.62. The first-order chi connectivity index (χ1) is 12.2. The highest BCUT2D eigenvalue weighted by Gasteiger charge is 2.09. The minimum Gasteiger partial charge on any atom is -0.480 e. The van der Waals surface area contributed by atoms with Crippen LogP contribution in [0.3, 0.4) is 0 Å². The van der Waals surface area contributed by atoms with E-state index in [1.165, 1.54) is 0 Å². The summed E-state index contributed by atoms with van der Waals surface area (Å²) in [6, 6.07) is 21.2. The second-order valence-electron chi connectivity index (χ2n) is 5.37. The highest BCUT2D eigenvalue weighted by Crippen LogP contribution is 2.32. The lowest BCUT2D eigenvalue weighted by atomic mass is 9.98. The van der Waals surface area contributed by atoms with E-state index in [0.29, 0.717) is 16.3 Å². The van der Waals surface area contributed by atoms with E-state index in [4.69, 9.17) is 22.8 Å². The van der Waals surface area contributed by atoms with Gasteiger partial charge in [-0.15, -0.1) is 6.42 Å². The highest BCUT2D eigenvalue weighted by atomic mass is 35.5. The van der Waals surface area contributed by atoms with Gasteiger partial charge in [0.2, 0.25) is 0 Å². The molecule has 3 heteroatoms. The molecule has 0 aliphatic carbocycles. The van der Waals surface area contributed by atoms with Gasteiger partial charge in [-0.3, -0.25) is 0 Å². The normalized spacial score (nSPS) is 10.9. The van der Waals surface area contributed by atoms with Crippen LogP contribution in [0.25, 0.3) is 22.4 Å². The second kappa shape index (κ2) is 7.58. The summed E-state index contributed by atoms with van der Waals surface area (Å²) < 4.78 is 5.68. The Labute approximate surface area is 151 Å². The largest absolute Gasteiger partial charge is 0.480 e. The SMILES string of the molecule is C#CCOc1ccc2ccccc2c1C=C(C#N)c1ccc(Cl)cc1. The molecule has 120 valence electrons. The van der Waals surface area contributed by atoms with Gasteiger partial charge in [0.25, 0.3) is 0 Å². The van der Waals surface area contributed by atoms with E-state index >= 15 is 0 Å². The summed E-state index contributed by atoms with van der Waals surface area (Å²) in [5.74, 6) is 3.13. The predicted molar refractivity (Wildman–Crippen MR) is 103 cm³/mol. The summed E-state index contributed by atoms with van der Waals surface area (Å²) in [6.07, 6.45) is 7.15. The van der Waals surface area contributed by atoms with E-state index in [9.17, 15) is 5.26 Å². The number of terminal acetylenes is 1. The maximum absolute atomic E-state index is 9.62. The molecule has 0 amide bonds. The van der Waals surface area contributed by atoms with Crippen LogP contribution >= 0.6 is 11.6 Å². The Morgan fingerprint density at radius 1 is 1.08 bits per heavy atom. The van der Waals surface area contributed by atoms with Gasteiger partial charge in [-0.2, -0.15) is 5.26 Å². The molecule has 0 saturated heterocycles. The van der Waals surface area contributed by atoms with Crippen molar-refractivity contribution in [3.8, 4) is 24.2 Å². The molecular formula is C22H14ClNO. The van der Waals surface area contributed by atoms with E-state index in [1.807, 2.05) is 54.6 Å². The summed E-state index contributed by atoms with van der Waals surface area (Å²) in [7, 11) is 0. The van der Waals surface area contributed by atoms with Crippen LogP contribution in [0.15, 0.2) is 60.7 Å². The molecule has 0 fully saturated rings. The quantitative estimate of drug-likeness (QED) is 0.352. The number of benzene rings is 3. The lowest BCUT2D eigenvalue weighted by Gasteiger charge is -2.11. The molecule has 0 bridgehead atoms. The van der Waals surface area contributed by atoms with Crippen LogP contribution < -0.4 is 4.74 Å². The Morgan fingerprint density at radius 2 is 1.84 bits per heavy atom. The van der Waals surface area contributed by atoms with Crippen LogP contribution in [0.2, 0.25) is 5.02 Å². The standard InChI is InChI=1S/C22H14ClNO/c1-2-13-25-22-12-9-17-5-3-4-6-20(17)21(22)14-18(15-24)16-7-10-19(23)11-8-16/h1,3-12,14H,13H2. The zero-order valence-electron chi connectivity index (χ0n) is 13.4. The number of fused-ring (bicyclic) bond motifs is 1. The van der Waals surface area contributed by atoms with E-state index in [-0.39, 0.29) is 6.61 Å². The highest BCUT2D eigenvalue weighted by molar-refractivity contribution is 6.30. The van der Waals surface area contributed by atoms with Crippen molar-refractivity contribution in [2.75, 3.05) is 6.61 Å². The summed E-state index contributed by atoms with van der Waals surface area (Å²) in [6.45, 7) is 0.169. The lowest BCUT2D eigenvalue weighted by molar-refractivity contribution is 0.370. The van der Waals surface area contributed by atoms with Gasteiger partial charge in [0, 0.05) is 10.6 Å². The van der Waals surface area contributed by atoms with Crippen LogP contribution in [0.4, 0.5) is 0 Å². The zero-order valence-corrected chi connectivity index (χ0v) is 14.1. The number of nitrogens with zero attached hydrogens (tertiary/aromatic N) is 1. The molecule has 0 radical (unpaired) electrons. The summed E-state index contributed by atoms with van der Waals surface area (Å²) in [5.41, 5.74) is 2.15. The van der Waals surface area contributed by atoms with Crippen molar-refractivity contribution < 1.29 is 4.74 Å². The predicted octanol–water partition coefficient (Wildman–Crippen LogP) is 5.57. The second-order valence-corrected chi connectivity index (χ2v) is 5.80. The molecule has 0 aromatic heterocycles. The van der Waals surface area contributed by atoms with Gasteiger partial charge in [0.1, 0.15) is 12.4 Å². The topological polar surface area (TPSA) is 33.0 Å². The monoisotopic (exact) mass is 343 g/mol. The third-order valence-electron chi connectivity index (χ3n) is 3.81. The Kier molecular flexibility index (Phi) is 5.05. The molecule has 0 heterocycles. The van der Waals surface area contributed by atoms with Gasteiger partial charge in [-0.25, -0.2) is 0 Å². The third-order valence-corrected chi connectivity index (χ3v) is 4.06. The van der Waals surface area contributed by atoms with Gasteiger partial charge < -0.3 is 4.74 Å². The molecule has 0 spiro atoms. The minimum absolute atomic E-state index is 0.169. The minimum atomic E-state index is 0.169. The zero-order chi connectivity index (χ0) is 17.6. The first kappa shape index (κ1) is 16.7. The summed E-state index contributed by atoms with van der Waals surface area (Å²) in [5, 5.41) is 12.3. The molecule has 0 atom stereocenters. The van der Waals surface area contributed by atoms with E-state index < -0.39 is 0 Å². The molecule has 2 nitrogen and oxygen atoms in total. The molecule has 0 unspecified atom stereocenters. The Bertz CT molecular complexity index is 1020. The van der Waals surface area contributed by atoms with Gasteiger partial charge in [-0.05, 0) is 40.6 Å². The summed E-state index contributed by atoms with van der Waals surface area (Å²) >= 11 is 5.94. The van der Waals surface area contributed by atoms with Crippen molar-refractivity contribution in [3.05, 3.63) is 76.8 Å². The van der Waals surface area contributed by atoms with E-state index in [2.05, 4.69) is 12.0 Å². The average molecular weight is 344 g/mol. The van der Waals surface area contributed by atoms with Crippen molar-refractivity contribution in [2.24, 2.45) is 0 Å². The van der Waals surface area contributed by atoms with Crippen LogP contribution in [0.5, 0.6) is 5.75 Å². The van der Waals surface area contributed by atoms with Gasteiger partial charge in [-0.1, -0.05) is 60.0 Å². The number of ether oxygens (including phenoxy) is 1. The van der Waals surface area contributed by atoms with Crippen molar-refractivity contribution in [3.63, 3.8) is 0 Å². The summed E-state index contributed by atoms with van der Waals surface area (Å²) in [4.78, 5) is 0. The van der Waals surface area contributed by atoms with Crippen LogP contribution in [0.1, 0.15) is 11.1 Å².